The van der Waals surface area contributed by atoms with E-state index >= 15 is 0 Å². The number of hydrogen-bond donors (Lipinski definition) is 3. The molecule has 250 valence electrons. The molecule has 1 aromatic carbocycles. The third kappa shape index (κ3) is 7.10. The summed E-state index contributed by atoms with van der Waals surface area (Å²) in [6, 6.07) is 3.04. The molecule has 0 aliphatic carbocycles. The van der Waals surface area contributed by atoms with Crippen molar-refractivity contribution in [3.63, 3.8) is 0 Å². The number of nitrogens with one attached hydrogen (secondary N) is 2. The third-order valence-electron chi connectivity index (χ3n) is 9.72. The molecule has 1 atom stereocenters. The first-order chi connectivity index (χ1) is 22.0. The molecule has 4 aliphatic rings. The number of anilines is 2. The quantitative estimate of drug-likeness (QED) is 0.349. The van der Waals surface area contributed by atoms with Crippen molar-refractivity contribution in [3.8, 4) is 0 Å². The number of rotatable bonds is 6. The van der Waals surface area contributed by atoms with E-state index < -0.39 is 29.5 Å². The number of amides is 5. The first kappa shape index (κ1) is 32.9. The minimum Gasteiger partial charge on any atom is -0.397 e. The number of thiophene rings is 1. The lowest BCUT2D eigenvalue weighted by atomic mass is 9.98. The average molecular weight is 727 g/mol. The average Bonchev–Trinajstić information content (AvgIpc) is 3.74. The van der Waals surface area contributed by atoms with E-state index in [0.717, 1.165) is 42.6 Å². The standard InChI is InChI=1S/C31H39BrF3N7O3S/c32-23-16-19(15-22(27(23)36)31(33,34)35)17-25(28(43)40-10-3-20(4-11-40)39-8-1-2-9-39)38-29(44)41-12-5-21(6-13-41)42-18-26-24(7-14-46-26)37-30(42)45/h7,14-16,20-21,25H,1-6,8-13,17-18,36H2,(H,37,45)(H,38,44). The lowest BCUT2D eigenvalue weighted by Gasteiger charge is -2.40. The summed E-state index contributed by atoms with van der Waals surface area (Å²) in [5.41, 5.74) is 5.40. The molecule has 3 fully saturated rings. The van der Waals surface area contributed by atoms with Crippen LogP contribution in [0.5, 0.6) is 0 Å². The van der Waals surface area contributed by atoms with Crippen LogP contribution < -0.4 is 16.4 Å². The smallest absolute Gasteiger partial charge is 0.397 e. The summed E-state index contributed by atoms with van der Waals surface area (Å²) >= 11 is 4.73. The van der Waals surface area contributed by atoms with Crippen LogP contribution in [0, 0.1) is 0 Å². The van der Waals surface area contributed by atoms with Crippen LogP contribution in [0.2, 0.25) is 0 Å². The fraction of sp³-hybridized carbons (Fsp3) is 0.581. The van der Waals surface area contributed by atoms with Gasteiger partial charge in [0.2, 0.25) is 5.91 Å². The van der Waals surface area contributed by atoms with Crippen LogP contribution in [-0.4, -0.2) is 95.0 Å². The molecule has 0 bridgehead atoms. The monoisotopic (exact) mass is 725 g/mol. The Balaban J connectivity index is 1.13. The molecule has 15 heteroatoms. The second kappa shape index (κ2) is 13.6. The number of likely N-dealkylation sites (tertiary alicyclic amines) is 3. The van der Waals surface area contributed by atoms with E-state index in [2.05, 4.69) is 31.5 Å². The van der Waals surface area contributed by atoms with Crippen LogP contribution in [-0.2, 0) is 23.9 Å². The van der Waals surface area contributed by atoms with Crippen LogP contribution in [0.15, 0.2) is 28.1 Å². The van der Waals surface area contributed by atoms with Crippen molar-refractivity contribution < 1.29 is 27.6 Å². The maximum Gasteiger partial charge on any atom is 0.418 e. The van der Waals surface area contributed by atoms with Crippen molar-refractivity contribution >= 4 is 56.6 Å². The molecule has 1 unspecified atom stereocenters. The Bertz CT molecular complexity index is 1450. The van der Waals surface area contributed by atoms with E-state index in [4.69, 9.17) is 5.73 Å². The van der Waals surface area contributed by atoms with Crippen molar-refractivity contribution in [2.24, 2.45) is 0 Å². The molecule has 0 radical (unpaired) electrons. The van der Waals surface area contributed by atoms with Gasteiger partial charge in [-0.25, -0.2) is 9.59 Å². The van der Waals surface area contributed by atoms with E-state index in [1.54, 1.807) is 21.1 Å². The van der Waals surface area contributed by atoms with Crippen molar-refractivity contribution in [2.45, 2.75) is 75.8 Å². The second-order valence-corrected chi connectivity index (χ2v) is 14.4. The summed E-state index contributed by atoms with van der Waals surface area (Å²) in [4.78, 5) is 49.0. The van der Waals surface area contributed by atoms with E-state index in [1.807, 2.05) is 16.3 Å². The van der Waals surface area contributed by atoms with Gasteiger partial charge in [0.05, 0.1) is 23.5 Å². The number of carbonyl (C=O) groups excluding carboxylic acids is 3. The van der Waals surface area contributed by atoms with Gasteiger partial charge < -0.3 is 36.0 Å². The number of alkyl halides is 3. The molecule has 2 aromatic rings. The Labute approximate surface area is 278 Å². The van der Waals surface area contributed by atoms with Gasteiger partial charge in [0.15, 0.2) is 0 Å². The van der Waals surface area contributed by atoms with Crippen molar-refractivity contribution in [2.75, 3.05) is 50.3 Å². The predicted octanol–water partition coefficient (Wildman–Crippen LogP) is 5.33. The highest BCUT2D eigenvalue weighted by molar-refractivity contribution is 9.10. The number of piperidine rings is 2. The molecule has 46 heavy (non-hydrogen) atoms. The molecule has 3 saturated heterocycles. The summed E-state index contributed by atoms with van der Waals surface area (Å²) in [7, 11) is 0. The van der Waals surface area contributed by atoms with Crippen LogP contribution in [0.25, 0.3) is 0 Å². The second-order valence-electron chi connectivity index (χ2n) is 12.6. The van der Waals surface area contributed by atoms with Gasteiger partial charge in [-0.2, -0.15) is 13.2 Å². The van der Waals surface area contributed by atoms with Gasteiger partial charge in [-0.3, -0.25) is 4.79 Å². The molecule has 10 nitrogen and oxygen atoms in total. The highest BCUT2D eigenvalue weighted by Gasteiger charge is 2.38. The number of benzene rings is 1. The summed E-state index contributed by atoms with van der Waals surface area (Å²) in [5, 5.41) is 7.75. The molecule has 4 aliphatic heterocycles. The predicted molar refractivity (Wildman–Crippen MR) is 173 cm³/mol. The Hall–Kier alpha value is -3.04. The zero-order chi connectivity index (χ0) is 32.6. The SMILES string of the molecule is Nc1c(Br)cc(CC(NC(=O)N2CCC(N3Cc4sccc4NC3=O)CC2)C(=O)N2CCC(N3CCCC3)CC2)cc1C(F)(F)F. The summed E-state index contributed by atoms with van der Waals surface area (Å²) in [6.45, 7) is 4.48. The zero-order valence-corrected chi connectivity index (χ0v) is 27.9. The molecule has 5 heterocycles. The van der Waals surface area contributed by atoms with Crippen LogP contribution in [0.3, 0.4) is 0 Å². The Morgan fingerprint density at radius 3 is 2.35 bits per heavy atom. The number of hydrogen-bond acceptors (Lipinski definition) is 6. The van der Waals surface area contributed by atoms with Gasteiger partial charge in [0, 0.05) is 54.0 Å². The molecular weight excluding hydrogens is 687 g/mol. The first-order valence-corrected chi connectivity index (χ1v) is 17.5. The fourth-order valence-electron chi connectivity index (χ4n) is 7.14. The lowest BCUT2D eigenvalue weighted by molar-refractivity contribution is -0.137. The van der Waals surface area contributed by atoms with Crippen LogP contribution in [0.4, 0.5) is 34.1 Å². The highest BCUT2D eigenvalue weighted by Crippen LogP contribution is 2.38. The largest absolute Gasteiger partial charge is 0.418 e. The Morgan fingerprint density at radius 1 is 1.02 bits per heavy atom. The summed E-state index contributed by atoms with van der Waals surface area (Å²) in [6.07, 6.45) is 0.361. The summed E-state index contributed by atoms with van der Waals surface area (Å²) < 4.78 is 41.4. The fourth-order valence-corrected chi connectivity index (χ4v) is 8.48. The minimum absolute atomic E-state index is 0.0402. The van der Waals surface area contributed by atoms with Gasteiger partial charge in [-0.1, -0.05) is 0 Å². The number of urea groups is 2. The number of nitrogens with two attached hydrogens (primary N) is 1. The molecule has 0 spiro atoms. The van der Waals surface area contributed by atoms with Gasteiger partial charge in [0.1, 0.15) is 6.04 Å². The molecule has 4 N–H and O–H groups in total. The molecular formula is C31H39BrF3N7O3S. The van der Waals surface area contributed by atoms with Gasteiger partial charge in [0.25, 0.3) is 0 Å². The van der Waals surface area contributed by atoms with E-state index in [1.165, 1.54) is 18.9 Å². The topological polar surface area (TPSA) is 114 Å². The Morgan fingerprint density at radius 2 is 1.67 bits per heavy atom. The molecule has 0 saturated carbocycles. The third-order valence-corrected chi connectivity index (χ3v) is 11.3. The number of nitrogens with zero attached hydrogens (tertiary/aromatic N) is 4. The van der Waals surface area contributed by atoms with Crippen molar-refractivity contribution in [1.29, 1.82) is 0 Å². The number of nitrogen functional groups attached to an aromatic ring is 1. The zero-order valence-electron chi connectivity index (χ0n) is 25.5. The maximum absolute atomic E-state index is 13.9. The minimum atomic E-state index is -4.68. The highest BCUT2D eigenvalue weighted by atomic mass is 79.9. The van der Waals surface area contributed by atoms with Gasteiger partial charge in [-0.05, 0) is 96.7 Å². The van der Waals surface area contributed by atoms with E-state index in [9.17, 15) is 27.6 Å². The number of halogens is 4. The molecule has 6 rings (SSSR count). The van der Waals surface area contributed by atoms with Gasteiger partial charge >= 0.3 is 18.2 Å². The lowest BCUT2D eigenvalue weighted by Crippen LogP contribution is -2.57. The normalized spacial score (nSPS) is 20.9. The van der Waals surface area contributed by atoms with E-state index in [0.29, 0.717) is 51.6 Å². The number of carbonyl (C=O) groups is 3. The van der Waals surface area contributed by atoms with Gasteiger partial charge in [-0.15, -0.1) is 11.3 Å². The Kier molecular flexibility index (Phi) is 9.72. The maximum atomic E-state index is 13.9. The number of fused-ring (bicyclic) bond motifs is 1. The van der Waals surface area contributed by atoms with Crippen LogP contribution >= 0.6 is 27.3 Å². The molecule has 5 amide bonds. The molecule has 1 aromatic heterocycles. The van der Waals surface area contributed by atoms with Crippen LogP contribution in [0.1, 0.15) is 54.5 Å². The summed E-state index contributed by atoms with van der Waals surface area (Å²) in [5.74, 6) is -0.304. The van der Waals surface area contributed by atoms with Crippen molar-refractivity contribution in [1.82, 2.24) is 24.9 Å². The van der Waals surface area contributed by atoms with E-state index in [-0.39, 0.29) is 34.4 Å². The first-order valence-electron chi connectivity index (χ1n) is 15.9. The van der Waals surface area contributed by atoms with Crippen molar-refractivity contribution in [3.05, 3.63) is 44.1 Å².